The number of carboxylic acids is 1. The number of amides is 3. The third kappa shape index (κ3) is 32.3. The van der Waals surface area contributed by atoms with E-state index in [-0.39, 0.29) is 24.3 Å². The molecule has 0 aromatic rings. The van der Waals surface area contributed by atoms with E-state index in [4.69, 9.17) is 14.6 Å². The van der Waals surface area contributed by atoms with Gasteiger partial charge in [-0.25, -0.2) is 0 Å². The number of rotatable bonds is 32. The Kier molecular flexibility index (Phi) is 30.1. The molecule has 0 radical (unpaired) electrons. The number of aliphatic carboxylic acids is 1. The van der Waals surface area contributed by atoms with Gasteiger partial charge >= 0.3 is 5.97 Å². The van der Waals surface area contributed by atoms with Crippen molar-refractivity contribution in [3.63, 3.8) is 0 Å². The second-order valence-electron chi connectivity index (χ2n) is 11.0. The summed E-state index contributed by atoms with van der Waals surface area (Å²) < 4.78 is 10.6. The van der Waals surface area contributed by atoms with Gasteiger partial charge in [-0.05, 0) is 25.7 Å². The quantitative estimate of drug-likeness (QED) is 0.0771. The fraction of sp³-hybridized carbons (Fsp3) is 0.875. The molecule has 0 aromatic heterocycles. The standard InChI is InChI=1S/C32H61N3O7/c1-2-3-22-34-31(38)28-42-27-26-41-25-24-35-30(37)20-18-23-33-29(36)19-16-14-12-10-8-6-4-5-7-9-11-13-15-17-21-32(39)40/h2-28H2,1H3,(H,33,36)(H,34,38)(H,35,37)(H,39,40). The van der Waals surface area contributed by atoms with Crippen molar-refractivity contribution in [2.75, 3.05) is 46.1 Å². The zero-order valence-electron chi connectivity index (χ0n) is 26.5. The molecule has 3 amide bonds. The molecule has 0 atom stereocenters. The molecule has 0 saturated heterocycles. The monoisotopic (exact) mass is 599 g/mol. The van der Waals surface area contributed by atoms with E-state index in [1.165, 1.54) is 57.8 Å². The average molecular weight is 600 g/mol. The van der Waals surface area contributed by atoms with Crippen LogP contribution < -0.4 is 16.0 Å². The van der Waals surface area contributed by atoms with Crippen molar-refractivity contribution in [1.82, 2.24) is 16.0 Å². The van der Waals surface area contributed by atoms with Gasteiger partial charge in [0.2, 0.25) is 17.7 Å². The number of hydrogen-bond acceptors (Lipinski definition) is 6. The van der Waals surface area contributed by atoms with Crippen molar-refractivity contribution >= 4 is 23.7 Å². The molecule has 0 rings (SSSR count). The molecular formula is C32H61N3O7. The zero-order valence-corrected chi connectivity index (χ0v) is 26.5. The largest absolute Gasteiger partial charge is 0.481 e. The van der Waals surface area contributed by atoms with Crippen LogP contribution in [0.1, 0.15) is 135 Å². The van der Waals surface area contributed by atoms with Crippen molar-refractivity contribution in [2.45, 2.75) is 135 Å². The third-order valence-electron chi connectivity index (χ3n) is 6.97. The highest BCUT2D eigenvalue weighted by Gasteiger charge is 2.04. The Morgan fingerprint density at radius 2 is 0.905 bits per heavy atom. The molecule has 10 heteroatoms. The Hall–Kier alpha value is -2.20. The number of carbonyl (C=O) groups excluding carboxylic acids is 3. The van der Waals surface area contributed by atoms with E-state index in [2.05, 4.69) is 22.9 Å². The summed E-state index contributed by atoms with van der Waals surface area (Å²) in [6.07, 6.45) is 20.1. The van der Waals surface area contributed by atoms with Gasteiger partial charge in [0.25, 0.3) is 0 Å². The number of hydrogen-bond donors (Lipinski definition) is 4. The molecule has 0 fully saturated rings. The first-order valence-corrected chi connectivity index (χ1v) is 16.6. The molecule has 4 N–H and O–H groups in total. The maximum Gasteiger partial charge on any atom is 0.303 e. The van der Waals surface area contributed by atoms with Crippen LogP contribution in [-0.4, -0.2) is 74.9 Å². The molecule has 0 spiro atoms. The second kappa shape index (κ2) is 31.7. The Balaban J connectivity index is 3.32. The number of unbranched alkanes of at least 4 members (excludes halogenated alkanes) is 14. The Bertz CT molecular complexity index is 676. The van der Waals surface area contributed by atoms with Crippen molar-refractivity contribution in [3.8, 4) is 0 Å². The summed E-state index contributed by atoms with van der Waals surface area (Å²) in [5.74, 6) is -0.802. The van der Waals surface area contributed by atoms with E-state index in [0.29, 0.717) is 65.1 Å². The SMILES string of the molecule is CCCCNC(=O)COCCOCCNC(=O)CCCNC(=O)CCCCCCCCCCCCCCCCC(=O)O. The highest BCUT2D eigenvalue weighted by atomic mass is 16.5. The van der Waals surface area contributed by atoms with E-state index >= 15 is 0 Å². The van der Waals surface area contributed by atoms with Crippen LogP contribution in [0, 0.1) is 0 Å². The van der Waals surface area contributed by atoms with Gasteiger partial charge < -0.3 is 30.5 Å². The molecule has 0 aromatic carbocycles. The summed E-state index contributed by atoms with van der Waals surface area (Å²) in [4.78, 5) is 45.8. The smallest absolute Gasteiger partial charge is 0.303 e. The highest BCUT2D eigenvalue weighted by Crippen LogP contribution is 2.13. The first-order valence-electron chi connectivity index (χ1n) is 16.6. The predicted octanol–water partition coefficient (Wildman–Crippen LogP) is 5.27. The lowest BCUT2D eigenvalue weighted by Gasteiger charge is -2.08. The molecule has 42 heavy (non-hydrogen) atoms. The second-order valence-corrected chi connectivity index (χ2v) is 11.0. The molecule has 0 saturated carbocycles. The number of ether oxygens (including phenoxy) is 2. The first kappa shape index (κ1) is 39.8. The van der Waals surface area contributed by atoms with Gasteiger partial charge in [-0.1, -0.05) is 90.4 Å². The van der Waals surface area contributed by atoms with E-state index in [1.54, 1.807) is 0 Å². The van der Waals surface area contributed by atoms with Crippen LogP contribution in [0.15, 0.2) is 0 Å². The first-order chi connectivity index (χ1) is 20.5. The van der Waals surface area contributed by atoms with Gasteiger partial charge in [-0.2, -0.15) is 0 Å². The predicted molar refractivity (Wildman–Crippen MR) is 166 cm³/mol. The fourth-order valence-electron chi connectivity index (χ4n) is 4.44. The number of nitrogens with one attached hydrogen (secondary N) is 3. The van der Waals surface area contributed by atoms with Crippen LogP contribution in [0.4, 0.5) is 0 Å². The van der Waals surface area contributed by atoms with E-state index in [1.807, 2.05) is 0 Å². The van der Waals surface area contributed by atoms with Gasteiger partial charge in [0.15, 0.2) is 0 Å². The molecule has 246 valence electrons. The van der Waals surface area contributed by atoms with Gasteiger partial charge in [0.1, 0.15) is 6.61 Å². The molecule has 0 aliphatic rings. The lowest BCUT2D eigenvalue weighted by molar-refractivity contribution is -0.137. The van der Waals surface area contributed by atoms with Crippen LogP contribution in [-0.2, 0) is 28.7 Å². The summed E-state index contributed by atoms with van der Waals surface area (Å²) in [5.41, 5.74) is 0. The van der Waals surface area contributed by atoms with E-state index < -0.39 is 5.97 Å². The minimum atomic E-state index is -0.688. The number of carbonyl (C=O) groups is 4. The fourth-order valence-corrected chi connectivity index (χ4v) is 4.44. The van der Waals surface area contributed by atoms with Gasteiger partial charge in [0.05, 0.1) is 19.8 Å². The highest BCUT2D eigenvalue weighted by molar-refractivity contribution is 5.77. The average Bonchev–Trinajstić information content (AvgIpc) is 2.96. The van der Waals surface area contributed by atoms with E-state index in [9.17, 15) is 19.2 Å². The Labute approximate surface area is 254 Å². The maximum absolute atomic E-state index is 12.0. The minimum Gasteiger partial charge on any atom is -0.481 e. The molecule has 0 heterocycles. The molecule has 0 unspecified atom stereocenters. The minimum absolute atomic E-state index is 0.0321. The molecule has 0 bridgehead atoms. The maximum atomic E-state index is 12.0. The Morgan fingerprint density at radius 1 is 0.476 bits per heavy atom. The van der Waals surface area contributed by atoms with Crippen molar-refractivity contribution in [3.05, 3.63) is 0 Å². The van der Waals surface area contributed by atoms with Crippen LogP contribution in [0.25, 0.3) is 0 Å². The molecule has 10 nitrogen and oxygen atoms in total. The summed E-state index contributed by atoms with van der Waals surface area (Å²) in [6, 6.07) is 0. The topological polar surface area (TPSA) is 143 Å². The summed E-state index contributed by atoms with van der Waals surface area (Å²) in [5, 5.41) is 17.1. The third-order valence-corrected chi connectivity index (χ3v) is 6.97. The van der Waals surface area contributed by atoms with Crippen LogP contribution in [0.5, 0.6) is 0 Å². The van der Waals surface area contributed by atoms with Crippen LogP contribution >= 0.6 is 0 Å². The van der Waals surface area contributed by atoms with E-state index in [0.717, 1.165) is 44.9 Å². The molecular weight excluding hydrogens is 538 g/mol. The van der Waals surface area contributed by atoms with Crippen LogP contribution in [0.3, 0.4) is 0 Å². The Morgan fingerprint density at radius 3 is 1.45 bits per heavy atom. The zero-order chi connectivity index (χ0) is 30.9. The van der Waals surface area contributed by atoms with Crippen LogP contribution in [0.2, 0.25) is 0 Å². The summed E-state index contributed by atoms with van der Waals surface area (Å²) >= 11 is 0. The normalized spacial score (nSPS) is 10.9. The molecule has 0 aliphatic heterocycles. The van der Waals surface area contributed by atoms with Crippen molar-refractivity contribution < 1.29 is 33.8 Å². The van der Waals surface area contributed by atoms with Gasteiger partial charge in [0, 0.05) is 38.9 Å². The van der Waals surface area contributed by atoms with Gasteiger partial charge in [-0.15, -0.1) is 0 Å². The van der Waals surface area contributed by atoms with Crippen molar-refractivity contribution in [1.29, 1.82) is 0 Å². The van der Waals surface area contributed by atoms with Crippen molar-refractivity contribution in [2.24, 2.45) is 0 Å². The summed E-state index contributed by atoms with van der Waals surface area (Å²) in [7, 11) is 0. The van der Waals surface area contributed by atoms with Gasteiger partial charge in [-0.3, -0.25) is 19.2 Å². The lowest BCUT2D eigenvalue weighted by atomic mass is 10.0. The number of carboxylic acid groups (broad SMARTS) is 1. The lowest BCUT2D eigenvalue weighted by Crippen LogP contribution is -2.30. The summed E-state index contributed by atoms with van der Waals surface area (Å²) in [6.45, 7) is 4.78. The molecule has 0 aliphatic carbocycles.